The van der Waals surface area contributed by atoms with Crippen molar-refractivity contribution in [2.75, 3.05) is 5.01 Å². The largest absolute Gasteiger partial charge is 0.272 e. The molecule has 1 heterocycles. The van der Waals surface area contributed by atoms with E-state index in [0.717, 1.165) is 5.56 Å². The maximum absolute atomic E-state index is 12.2. The van der Waals surface area contributed by atoms with Gasteiger partial charge in [-0.25, -0.2) is 0 Å². The maximum atomic E-state index is 12.2. The molecule has 3 nitrogen and oxygen atoms in total. The van der Waals surface area contributed by atoms with Crippen LogP contribution in [0.15, 0.2) is 47.6 Å². The number of hydrogen-bond acceptors (Lipinski definition) is 2. The van der Waals surface area contributed by atoms with E-state index in [-0.39, 0.29) is 12.3 Å². The van der Waals surface area contributed by atoms with Crippen LogP contribution in [0.3, 0.4) is 0 Å². The van der Waals surface area contributed by atoms with E-state index in [1.165, 1.54) is 17.1 Å². The highest BCUT2D eigenvalue weighted by Crippen LogP contribution is 2.38. The van der Waals surface area contributed by atoms with Crippen molar-refractivity contribution in [1.82, 2.24) is 0 Å². The molecule has 1 aliphatic heterocycles. The van der Waals surface area contributed by atoms with Crippen LogP contribution in [0.4, 0.5) is 5.69 Å². The van der Waals surface area contributed by atoms with E-state index in [1.54, 1.807) is 0 Å². The van der Waals surface area contributed by atoms with Crippen LogP contribution in [0.2, 0.25) is 15.1 Å². The molecule has 0 fully saturated rings. The fraction of sp³-hybridized carbons (Fsp3) is 0.0667. The number of carbonyl (C=O) groups excluding carboxylic acids is 1. The van der Waals surface area contributed by atoms with Gasteiger partial charge in [-0.05, 0) is 17.7 Å². The summed E-state index contributed by atoms with van der Waals surface area (Å²) in [5, 5.41) is 6.58. The molecule has 0 saturated heterocycles. The molecule has 0 N–H and O–H groups in total. The van der Waals surface area contributed by atoms with Crippen molar-refractivity contribution in [3.63, 3.8) is 0 Å². The van der Waals surface area contributed by atoms with Crippen molar-refractivity contribution in [3.05, 3.63) is 63.1 Å². The second-order valence-electron chi connectivity index (χ2n) is 4.51. The Morgan fingerprint density at radius 1 is 1.00 bits per heavy atom. The van der Waals surface area contributed by atoms with Gasteiger partial charge in [-0.3, -0.25) is 4.79 Å². The predicted molar refractivity (Wildman–Crippen MR) is 86.6 cm³/mol. The lowest BCUT2D eigenvalue weighted by molar-refractivity contribution is -0.116. The Balaban J connectivity index is 2.04. The van der Waals surface area contributed by atoms with Crippen LogP contribution in [0.25, 0.3) is 0 Å². The summed E-state index contributed by atoms with van der Waals surface area (Å²) >= 11 is 18.2. The summed E-state index contributed by atoms with van der Waals surface area (Å²) in [6, 6.07) is 12.6. The minimum absolute atomic E-state index is 0.181. The van der Waals surface area contributed by atoms with E-state index in [0.29, 0.717) is 26.5 Å². The smallest absolute Gasteiger partial charge is 0.253 e. The second-order valence-corrected chi connectivity index (χ2v) is 5.76. The third-order valence-corrected chi connectivity index (χ3v) is 3.87. The van der Waals surface area contributed by atoms with E-state index in [9.17, 15) is 4.79 Å². The number of nitrogens with zero attached hydrogens (tertiary/aromatic N) is 2. The zero-order chi connectivity index (χ0) is 15.0. The standard InChI is InChI=1S/C15H9Cl3N2O/c16-10-6-11(17)15(12(18)7-10)20-14(21)8-13(19-20)9-4-2-1-3-5-9/h1-7H,8H2. The Bertz CT molecular complexity index is 721. The molecule has 3 rings (SSSR count). The zero-order valence-corrected chi connectivity index (χ0v) is 13.0. The summed E-state index contributed by atoms with van der Waals surface area (Å²) in [7, 11) is 0. The summed E-state index contributed by atoms with van der Waals surface area (Å²) in [6.07, 6.45) is 0.208. The summed E-state index contributed by atoms with van der Waals surface area (Å²) in [4.78, 5) is 12.2. The highest BCUT2D eigenvalue weighted by Gasteiger charge is 2.29. The lowest BCUT2D eigenvalue weighted by Gasteiger charge is -2.15. The molecule has 0 saturated carbocycles. The van der Waals surface area contributed by atoms with Crippen LogP contribution in [-0.4, -0.2) is 11.6 Å². The predicted octanol–water partition coefficient (Wildman–Crippen LogP) is 4.79. The van der Waals surface area contributed by atoms with Crippen molar-refractivity contribution in [2.24, 2.45) is 5.10 Å². The molecule has 21 heavy (non-hydrogen) atoms. The summed E-state index contributed by atoms with van der Waals surface area (Å²) in [5.74, 6) is -0.181. The minimum atomic E-state index is -0.181. The number of hydrogen-bond donors (Lipinski definition) is 0. The number of halogens is 3. The van der Waals surface area contributed by atoms with E-state index in [1.807, 2.05) is 30.3 Å². The van der Waals surface area contributed by atoms with E-state index < -0.39 is 0 Å². The van der Waals surface area contributed by atoms with Crippen LogP contribution in [0, 0.1) is 0 Å². The van der Waals surface area contributed by atoms with Crippen LogP contribution in [0.1, 0.15) is 12.0 Å². The summed E-state index contributed by atoms with van der Waals surface area (Å²) < 4.78 is 0. The van der Waals surface area contributed by atoms with Gasteiger partial charge >= 0.3 is 0 Å². The third-order valence-electron chi connectivity index (χ3n) is 3.08. The molecule has 0 bridgehead atoms. The molecule has 0 radical (unpaired) electrons. The molecule has 0 aromatic heterocycles. The van der Waals surface area contributed by atoms with E-state index >= 15 is 0 Å². The lowest BCUT2D eigenvalue weighted by Crippen LogP contribution is -2.20. The van der Waals surface area contributed by atoms with Crippen molar-refractivity contribution in [1.29, 1.82) is 0 Å². The molecule has 106 valence electrons. The Kier molecular flexibility index (Phi) is 3.89. The number of benzene rings is 2. The number of anilines is 1. The average molecular weight is 340 g/mol. The van der Waals surface area contributed by atoms with E-state index in [4.69, 9.17) is 34.8 Å². The highest BCUT2D eigenvalue weighted by atomic mass is 35.5. The van der Waals surface area contributed by atoms with Crippen molar-refractivity contribution >= 4 is 52.1 Å². The van der Waals surface area contributed by atoms with Gasteiger partial charge in [-0.2, -0.15) is 10.1 Å². The fourth-order valence-corrected chi connectivity index (χ4v) is 3.11. The monoisotopic (exact) mass is 338 g/mol. The van der Waals surface area contributed by atoms with Gasteiger partial charge < -0.3 is 0 Å². The number of rotatable bonds is 2. The second kappa shape index (κ2) is 5.68. The minimum Gasteiger partial charge on any atom is -0.272 e. The Morgan fingerprint density at radius 3 is 2.24 bits per heavy atom. The average Bonchev–Trinajstić information content (AvgIpc) is 2.81. The van der Waals surface area contributed by atoms with Gasteiger partial charge in [0, 0.05) is 5.02 Å². The Morgan fingerprint density at radius 2 is 1.62 bits per heavy atom. The Hall–Kier alpha value is -1.55. The number of carbonyl (C=O) groups is 1. The van der Waals surface area contributed by atoms with Gasteiger partial charge in [0.2, 0.25) is 0 Å². The van der Waals surface area contributed by atoms with Crippen LogP contribution < -0.4 is 5.01 Å². The first-order valence-corrected chi connectivity index (χ1v) is 7.30. The molecule has 2 aromatic carbocycles. The van der Waals surface area contributed by atoms with Gasteiger partial charge in [0.05, 0.1) is 22.2 Å². The first kappa shape index (κ1) is 14.4. The summed E-state index contributed by atoms with van der Waals surface area (Å²) in [6.45, 7) is 0. The molecule has 0 atom stereocenters. The molecule has 2 aromatic rings. The van der Waals surface area contributed by atoms with Crippen molar-refractivity contribution < 1.29 is 4.79 Å². The quantitative estimate of drug-likeness (QED) is 0.774. The van der Waals surface area contributed by atoms with Crippen molar-refractivity contribution in [2.45, 2.75) is 6.42 Å². The molecule has 1 amide bonds. The van der Waals surface area contributed by atoms with Crippen LogP contribution >= 0.6 is 34.8 Å². The molecular weight excluding hydrogens is 331 g/mol. The third kappa shape index (κ3) is 2.77. The highest BCUT2D eigenvalue weighted by molar-refractivity contribution is 6.42. The molecule has 0 aliphatic carbocycles. The molecule has 1 aliphatic rings. The topological polar surface area (TPSA) is 32.7 Å². The lowest BCUT2D eigenvalue weighted by atomic mass is 10.1. The normalized spacial score (nSPS) is 14.5. The molecular formula is C15H9Cl3N2O. The summed E-state index contributed by atoms with van der Waals surface area (Å²) in [5.41, 5.74) is 1.94. The van der Waals surface area contributed by atoms with Crippen LogP contribution in [0.5, 0.6) is 0 Å². The SMILES string of the molecule is O=C1CC(c2ccccc2)=NN1c1c(Cl)cc(Cl)cc1Cl. The van der Waals surface area contributed by atoms with Crippen molar-refractivity contribution in [3.8, 4) is 0 Å². The van der Waals surface area contributed by atoms with Gasteiger partial charge in [0.1, 0.15) is 5.69 Å². The molecule has 0 unspecified atom stereocenters. The first-order chi connectivity index (χ1) is 10.1. The first-order valence-electron chi connectivity index (χ1n) is 6.16. The van der Waals surface area contributed by atoms with Gasteiger partial charge in [0.15, 0.2) is 0 Å². The Labute approximate surface area is 136 Å². The maximum Gasteiger partial charge on any atom is 0.253 e. The fourth-order valence-electron chi connectivity index (χ4n) is 2.13. The van der Waals surface area contributed by atoms with Gasteiger partial charge in [-0.15, -0.1) is 0 Å². The van der Waals surface area contributed by atoms with E-state index in [2.05, 4.69) is 5.10 Å². The number of hydrazone groups is 1. The molecule has 0 spiro atoms. The van der Waals surface area contributed by atoms with Crippen LogP contribution in [-0.2, 0) is 4.79 Å². The van der Waals surface area contributed by atoms with Gasteiger partial charge in [-0.1, -0.05) is 65.1 Å². The van der Waals surface area contributed by atoms with Gasteiger partial charge in [0.25, 0.3) is 5.91 Å². The molecule has 6 heteroatoms. The zero-order valence-electron chi connectivity index (χ0n) is 10.7. The number of amides is 1.